The van der Waals surface area contributed by atoms with Gasteiger partial charge in [-0.2, -0.15) is 0 Å². The normalized spacial score (nSPS) is 48.0. The van der Waals surface area contributed by atoms with Gasteiger partial charge in [0.2, 0.25) is 5.79 Å². The van der Waals surface area contributed by atoms with Crippen molar-refractivity contribution in [1.29, 1.82) is 0 Å². The Balaban J connectivity index is 1.91. The first-order chi connectivity index (χ1) is 11.8. The average molecular weight is 370 g/mol. The van der Waals surface area contributed by atoms with Crippen LogP contribution in [0.15, 0.2) is 0 Å². The Morgan fingerprint density at radius 3 is 1.96 bits per heavy atom. The third-order valence-electron chi connectivity index (χ3n) is 4.69. The molecule has 148 valence electrons. The minimum atomic E-state index is -2.20. The number of ether oxygens (including phenoxy) is 3. The third-order valence-corrected chi connectivity index (χ3v) is 4.69. The highest BCUT2D eigenvalue weighted by molar-refractivity contribution is 4.95. The summed E-state index contributed by atoms with van der Waals surface area (Å²) in [4.78, 5) is 0. The van der Waals surface area contributed by atoms with Gasteiger partial charge in [-0.15, -0.1) is 0 Å². The van der Waals surface area contributed by atoms with Gasteiger partial charge < -0.3 is 55.1 Å². The highest BCUT2D eigenvalue weighted by Gasteiger charge is 2.53. The van der Waals surface area contributed by atoms with E-state index in [1.54, 1.807) is 0 Å². The van der Waals surface area contributed by atoms with Crippen LogP contribution in [-0.2, 0) is 14.2 Å². The molecule has 0 aromatic heterocycles. The SMILES string of the molecule is OCC1OC(COCC2C(CO)O[C@@](O)(CO)C2O)C(O)C(O)C1O. The van der Waals surface area contributed by atoms with E-state index in [1.165, 1.54) is 0 Å². The summed E-state index contributed by atoms with van der Waals surface area (Å²) in [7, 11) is 0. The molecule has 2 heterocycles. The third kappa shape index (κ3) is 4.12. The van der Waals surface area contributed by atoms with Crippen molar-refractivity contribution < 1.29 is 55.1 Å². The summed E-state index contributed by atoms with van der Waals surface area (Å²) in [6.45, 7) is -2.40. The van der Waals surface area contributed by atoms with E-state index in [2.05, 4.69) is 0 Å². The van der Waals surface area contributed by atoms with Gasteiger partial charge in [-0.05, 0) is 0 Å². The molecule has 2 rings (SSSR count). The van der Waals surface area contributed by atoms with Crippen molar-refractivity contribution in [3.63, 3.8) is 0 Å². The molecule has 2 saturated heterocycles. The van der Waals surface area contributed by atoms with Gasteiger partial charge >= 0.3 is 0 Å². The van der Waals surface area contributed by atoms with E-state index in [0.717, 1.165) is 0 Å². The van der Waals surface area contributed by atoms with Gasteiger partial charge in [0.25, 0.3) is 0 Å². The van der Waals surface area contributed by atoms with Crippen molar-refractivity contribution in [3.05, 3.63) is 0 Å². The van der Waals surface area contributed by atoms with Gasteiger partial charge in [0.15, 0.2) is 0 Å². The van der Waals surface area contributed by atoms with Crippen LogP contribution in [0.1, 0.15) is 0 Å². The Morgan fingerprint density at radius 2 is 1.40 bits per heavy atom. The van der Waals surface area contributed by atoms with Gasteiger partial charge in [-0.1, -0.05) is 0 Å². The summed E-state index contributed by atoms with van der Waals surface area (Å²) < 4.78 is 15.7. The lowest BCUT2D eigenvalue weighted by atomic mass is 9.95. The summed E-state index contributed by atoms with van der Waals surface area (Å²) in [5, 5.41) is 76.8. The molecule has 8 unspecified atom stereocenters. The maximum atomic E-state index is 10.0. The van der Waals surface area contributed by atoms with E-state index >= 15 is 0 Å². The molecule has 0 aromatic rings. The Kier molecular flexibility index (Phi) is 7.09. The van der Waals surface area contributed by atoms with Crippen LogP contribution in [0.3, 0.4) is 0 Å². The fourth-order valence-electron chi connectivity index (χ4n) is 3.10. The van der Waals surface area contributed by atoms with Gasteiger partial charge in [-0.25, -0.2) is 0 Å². The number of aliphatic hydroxyl groups excluding tert-OH is 7. The van der Waals surface area contributed by atoms with Crippen molar-refractivity contribution in [2.75, 3.05) is 33.0 Å². The summed E-state index contributed by atoms with van der Waals surface area (Å²) in [6.07, 6.45) is -9.03. The first kappa shape index (κ1) is 20.9. The minimum Gasteiger partial charge on any atom is -0.394 e. The van der Waals surface area contributed by atoms with Crippen LogP contribution in [-0.4, -0.2) is 122 Å². The van der Waals surface area contributed by atoms with Crippen molar-refractivity contribution >= 4 is 0 Å². The van der Waals surface area contributed by atoms with E-state index in [9.17, 15) is 30.6 Å². The molecule has 2 aliphatic heterocycles. The van der Waals surface area contributed by atoms with Crippen molar-refractivity contribution in [1.82, 2.24) is 0 Å². The first-order valence-corrected chi connectivity index (χ1v) is 7.97. The van der Waals surface area contributed by atoms with E-state index in [4.69, 9.17) is 24.4 Å². The summed E-state index contributed by atoms with van der Waals surface area (Å²) in [5.41, 5.74) is 0. The molecular formula is C14H26O11. The van der Waals surface area contributed by atoms with Crippen LogP contribution >= 0.6 is 0 Å². The Bertz CT molecular complexity index is 422. The van der Waals surface area contributed by atoms with Crippen molar-refractivity contribution in [2.24, 2.45) is 5.92 Å². The number of aliphatic hydroxyl groups is 8. The van der Waals surface area contributed by atoms with E-state index in [-0.39, 0.29) is 13.2 Å². The zero-order valence-electron chi connectivity index (χ0n) is 13.5. The van der Waals surface area contributed by atoms with E-state index in [1.807, 2.05) is 0 Å². The largest absolute Gasteiger partial charge is 0.394 e. The number of rotatable bonds is 7. The number of hydrogen-bond donors (Lipinski definition) is 8. The summed E-state index contributed by atoms with van der Waals surface area (Å²) in [6, 6.07) is 0. The number of hydrogen-bond acceptors (Lipinski definition) is 11. The Hall–Kier alpha value is -0.440. The molecule has 11 heteroatoms. The minimum absolute atomic E-state index is 0.205. The molecule has 25 heavy (non-hydrogen) atoms. The van der Waals surface area contributed by atoms with E-state index < -0.39 is 74.3 Å². The summed E-state index contributed by atoms with van der Waals surface area (Å²) in [5.74, 6) is -3.06. The fraction of sp³-hybridized carbons (Fsp3) is 1.00. The molecule has 2 aliphatic rings. The lowest BCUT2D eigenvalue weighted by Crippen LogP contribution is -2.59. The fourth-order valence-corrected chi connectivity index (χ4v) is 3.10. The maximum absolute atomic E-state index is 10.0. The Labute approximate surface area is 143 Å². The maximum Gasteiger partial charge on any atom is 0.216 e. The standard InChI is InChI=1S/C14H26O11/c15-1-7-6(13(21)14(22,5-17)25-7)3-23-4-9-11(19)12(20)10(18)8(2-16)24-9/h6-13,15-22H,1-5H2/t6?,7?,8?,9?,10?,11?,12?,13?,14-/m0/s1. The molecule has 0 bridgehead atoms. The van der Waals surface area contributed by atoms with Crippen LogP contribution in [0.2, 0.25) is 0 Å². The lowest BCUT2D eigenvalue weighted by Gasteiger charge is -2.40. The molecular weight excluding hydrogens is 344 g/mol. The quantitative estimate of drug-likeness (QED) is 0.214. The molecule has 0 aliphatic carbocycles. The highest BCUT2D eigenvalue weighted by atomic mass is 16.7. The van der Waals surface area contributed by atoms with Gasteiger partial charge in [-0.3, -0.25) is 0 Å². The second-order valence-corrected chi connectivity index (χ2v) is 6.36. The van der Waals surface area contributed by atoms with Crippen molar-refractivity contribution in [2.45, 2.75) is 48.5 Å². The molecule has 0 aromatic carbocycles. The molecule has 11 nitrogen and oxygen atoms in total. The zero-order valence-corrected chi connectivity index (χ0v) is 13.5. The summed E-state index contributed by atoms with van der Waals surface area (Å²) >= 11 is 0. The zero-order chi connectivity index (χ0) is 18.8. The molecule has 0 amide bonds. The van der Waals surface area contributed by atoms with Crippen LogP contribution < -0.4 is 0 Å². The first-order valence-electron chi connectivity index (χ1n) is 7.97. The van der Waals surface area contributed by atoms with Gasteiger partial charge in [0.05, 0.1) is 39.1 Å². The highest BCUT2D eigenvalue weighted by Crippen LogP contribution is 2.34. The molecule has 0 radical (unpaired) electrons. The molecule has 9 atom stereocenters. The average Bonchev–Trinajstić information content (AvgIpc) is 2.86. The predicted octanol–water partition coefficient (Wildman–Crippen LogP) is -5.11. The smallest absolute Gasteiger partial charge is 0.216 e. The van der Waals surface area contributed by atoms with Gasteiger partial charge in [0.1, 0.15) is 36.6 Å². The van der Waals surface area contributed by atoms with Gasteiger partial charge in [0, 0.05) is 5.92 Å². The van der Waals surface area contributed by atoms with Crippen LogP contribution in [0.4, 0.5) is 0 Å². The van der Waals surface area contributed by atoms with Crippen LogP contribution in [0.5, 0.6) is 0 Å². The van der Waals surface area contributed by atoms with Crippen molar-refractivity contribution in [3.8, 4) is 0 Å². The monoisotopic (exact) mass is 370 g/mol. The molecule has 0 spiro atoms. The lowest BCUT2D eigenvalue weighted by molar-refractivity contribution is -0.248. The molecule has 2 fully saturated rings. The Morgan fingerprint density at radius 1 is 0.800 bits per heavy atom. The van der Waals surface area contributed by atoms with Crippen LogP contribution in [0, 0.1) is 5.92 Å². The second kappa shape index (κ2) is 8.50. The predicted molar refractivity (Wildman–Crippen MR) is 78.1 cm³/mol. The molecule has 8 N–H and O–H groups in total. The van der Waals surface area contributed by atoms with Crippen LogP contribution in [0.25, 0.3) is 0 Å². The topological polar surface area (TPSA) is 190 Å². The second-order valence-electron chi connectivity index (χ2n) is 6.36. The molecule has 0 saturated carbocycles. The van der Waals surface area contributed by atoms with E-state index in [0.29, 0.717) is 0 Å².